The molecule has 0 bridgehead atoms. The maximum Gasteiger partial charge on any atom is 0.251 e. The van der Waals surface area contributed by atoms with E-state index in [1.54, 1.807) is 6.07 Å². The number of benzene rings is 2. The molecule has 5 heteroatoms. The fourth-order valence-corrected chi connectivity index (χ4v) is 2.47. The molecule has 2 aromatic carbocycles. The van der Waals surface area contributed by atoms with E-state index in [0.29, 0.717) is 12.1 Å². The average Bonchev–Trinajstić information content (AvgIpc) is 2.59. The van der Waals surface area contributed by atoms with Crippen molar-refractivity contribution in [1.29, 1.82) is 0 Å². The van der Waals surface area contributed by atoms with Gasteiger partial charge in [0.05, 0.1) is 6.54 Å². The van der Waals surface area contributed by atoms with Gasteiger partial charge in [0.1, 0.15) is 0 Å². The molecule has 2 amide bonds. The van der Waals surface area contributed by atoms with Crippen LogP contribution in [0.3, 0.4) is 0 Å². The van der Waals surface area contributed by atoms with E-state index in [-0.39, 0.29) is 18.4 Å². The van der Waals surface area contributed by atoms with Gasteiger partial charge in [-0.1, -0.05) is 42.5 Å². The van der Waals surface area contributed by atoms with Crippen molar-refractivity contribution in [2.24, 2.45) is 0 Å². The molecule has 0 atom stereocenters. The average molecular weight is 339 g/mol. The van der Waals surface area contributed by atoms with Crippen LogP contribution >= 0.6 is 0 Å². The maximum atomic E-state index is 12.1. The lowest BCUT2D eigenvalue weighted by Gasteiger charge is -2.11. The molecular weight excluding hydrogens is 314 g/mol. The van der Waals surface area contributed by atoms with Gasteiger partial charge < -0.3 is 15.5 Å². The molecule has 0 radical (unpaired) electrons. The highest BCUT2D eigenvalue weighted by Crippen LogP contribution is 2.07. The number of amides is 2. The van der Waals surface area contributed by atoms with Crippen molar-refractivity contribution >= 4 is 11.8 Å². The highest BCUT2D eigenvalue weighted by atomic mass is 16.2. The van der Waals surface area contributed by atoms with Gasteiger partial charge >= 0.3 is 0 Å². The summed E-state index contributed by atoms with van der Waals surface area (Å²) in [5.74, 6) is -0.444. The van der Waals surface area contributed by atoms with Gasteiger partial charge in [-0.15, -0.1) is 0 Å². The zero-order valence-electron chi connectivity index (χ0n) is 15.0. The summed E-state index contributed by atoms with van der Waals surface area (Å²) in [6.07, 6.45) is 0. The van der Waals surface area contributed by atoms with Crippen molar-refractivity contribution in [3.8, 4) is 0 Å². The summed E-state index contributed by atoms with van der Waals surface area (Å²) in [5.41, 5.74) is 3.73. The van der Waals surface area contributed by atoms with Gasteiger partial charge in [0.15, 0.2) is 0 Å². The molecule has 0 saturated carbocycles. The number of hydrogen-bond acceptors (Lipinski definition) is 3. The van der Waals surface area contributed by atoms with Gasteiger partial charge in [-0.05, 0) is 43.8 Å². The quantitative estimate of drug-likeness (QED) is 0.812. The number of nitrogens with zero attached hydrogens (tertiary/aromatic N) is 1. The van der Waals surface area contributed by atoms with Crippen LogP contribution in [0.15, 0.2) is 48.5 Å². The largest absolute Gasteiger partial charge is 0.350 e. The molecule has 5 nitrogen and oxygen atoms in total. The molecule has 25 heavy (non-hydrogen) atoms. The van der Waals surface area contributed by atoms with E-state index in [4.69, 9.17) is 0 Å². The molecule has 2 aromatic rings. The first-order chi connectivity index (χ1) is 12.0. The topological polar surface area (TPSA) is 61.4 Å². The highest BCUT2D eigenvalue weighted by molar-refractivity contribution is 5.97. The lowest BCUT2D eigenvalue weighted by atomic mass is 10.1. The SMILES string of the molecule is Cc1ccccc1C(=O)NCC(=O)NCc1ccc(CN(C)C)cc1. The number of carbonyl (C=O) groups excluding carboxylic acids is 2. The molecule has 2 N–H and O–H groups in total. The molecule has 0 aliphatic heterocycles. The predicted molar refractivity (Wildman–Crippen MR) is 99.2 cm³/mol. The minimum atomic E-state index is -0.235. The van der Waals surface area contributed by atoms with Crippen LogP contribution in [0.4, 0.5) is 0 Å². The van der Waals surface area contributed by atoms with E-state index < -0.39 is 0 Å². The van der Waals surface area contributed by atoms with Gasteiger partial charge in [-0.25, -0.2) is 0 Å². The Bertz CT molecular complexity index is 724. The van der Waals surface area contributed by atoms with Crippen molar-refractivity contribution in [2.75, 3.05) is 20.6 Å². The minimum Gasteiger partial charge on any atom is -0.350 e. The van der Waals surface area contributed by atoms with Crippen molar-refractivity contribution in [1.82, 2.24) is 15.5 Å². The zero-order valence-corrected chi connectivity index (χ0v) is 15.0. The van der Waals surface area contributed by atoms with Gasteiger partial charge in [-0.2, -0.15) is 0 Å². The third-order valence-electron chi connectivity index (χ3n) is 3.81. The summed E-state index contributed by atoms with van der Waals surface area (Å²) in [6, 6.07) is 15.4. The normalized spacial score (nSPS) is 10.6. The van der Waals surface area contributed by atoms with Crippen LogP contribution in [-0.4, -0.2) is 37.4 Å². The number of rotatable bonds is 7. The molecule has 132 valence electrons. The maximum absolute atomic E-state index is 12.1. The second-order valence-electron chi connectivity index (χ2n) is 6.33. The molecule has 0 saturated heterocycles. The Hall–Kier alpha value is -2.66. The van der Waals surface area contributed by atoms with Crippen LogP contribution in [-0.2, 0) is 17.9 Å². The number of hydrogen-bond donors (Lipinski definition) is 2. The highest BCUT2D eigenvalue weighted by Gasteiger charge is 2.09. The Balaban J connectivity index is 1.77. The Labute approximate surface area is 149 Å². The smallest absolute Gasteiger partial charge is 0.251 e. The van der Waals surface area contributed by atoms with E-state index in [9.17, 15) is 9.59 Å². The second kappa shape index (κ2) is 8.99. The Kier molecular flexibility index (Phi) is 6.71. The van der Waals surface area contributed by atoms with E-state index in [1.807, 2.05) is 51.4 Å². The molecule has 0 aliphatic rings. The first-order valence-electron chi connectivity index (χ1n) is 8.29. The van der Waals surface area contributed by atoms with Crippen LogP contribution in [0, 0.1) is 6.92 Å². The monoisotopic (exact) mass is 339 g/mol. The Morgan fingerprint density at radius 3 is 2.20 bits per heavy atom. The summed E-state index contributed by atoms with van der Waals surface area (Å²) in [5, 5.41) is 5.47. The second-order valence-corrected chi connectivity index (χ2v) is 6.33. The molecule has 0 aromatic heterocycles. The van der Waals surface area contributed by atoms with Crippen molar-refractivity contribution in [3.05, 3.63) is 70.8 Å². The van der Waals surface area contributed by atoms with Crippen molar-refractivity contribution in [3.63, 3.8) is 0 Å². The third-order valence-corrected chi connectivity index (χ3v) is 3.81. The van der Waals surface area contributed by atoms with Crippen molar-refractivity contribution in [2.45, 2.75) is 20.0 Å². The van der Waals surface area contributed by atoms with Crippen LogP contribution in [0.1, 0.15) is 27.0 Å². The molecular formula is C20H25N3O2. The fraction of sp³-hybridized carbons (Fsp3) is 0.300. The minimum absolute atomic E-state index is 0.0358. The first-order valence-corrected chi connectivity index (χ1v) is 8.29. The summed E-state index contributed by atoms with van der Waals surface area (Å²) in [4.78, 5) is 26.1. The van der Waals surface area contributed by atoms with Crippen molar-refractivity contribution < 1.29 is 9.59 Å². The van der Waals surface area contributed by atoms with E-state index in [0.717, 1.165) is 17.7 Å². The molecule has 0 aliphatic carbocycles. The van der Waals surface area contributed by atoms with Gasteiger partial charge in [0, 0.05) is 18.7 Å². The molecule has 2 rings (SSSR count). The first kappa shape index (κ1) is 18.7. The third kappa shape index (κ3) is 6.04. The van der Waals surface area contributed by atoms with Gasteiger partial charge in [-0.3, -0.25) is 9.59 Å². The Morgan fingerprint density at radius 1 is 0.920 bits per heavy atom. The van der Waals surface area contributed by atoms with Crippen LogP contribution < -0.4 is 10.6 Å². The van der Waals surface area contributed by atoms with E-state index >= 15 is 0 Å². The fourth-order valence-electron chi connectivity index (χ4n) is 2.47. The van der Waals surface area contributed by atoms with Crippen LogP contribution in [0.25, 0.3) is 0 Å². The van der Waals surface area contributed by atoms with E-state index in [2.05, 4.69) is 27.7 Å². The molecule has 0 spiro atoms. The number of aryl methyl sites for hydroxylation is 1. The lowest BCUT2D eigenvalue weighted by molar-refractivity contribution is -0.120. The number of nitrogens with one attached hydrogen (secondary N) is 2. The summed E-state index contributed by atoms with van der Waals surface area (Å²) < 4.78 is 0. The zero-order chi connectivity index (χ0) is 18.2. The summed E-state index contributed by atoms with van der Waals surface area (Å²) in [6.45, 7) is 3.17. The Morgan fingerprint density at radius 2 is 1.56 bits per heavy atom. The van der Waals surface area contributed by atoms with Crippen LogP contribution in [0.5, 0.6) is 0 Å². The summed E-state index contributed by atoms with van der Waals surface area (Å²) >= 11 is 0. The predicted octanol–water partition coefficient (Wildman–Crippen LogP) is 2.10. The van der Waals surface area contributed by atoms with Gasteiger partial charge in [0.25, 0.3) is 5.91 Å². The van der Waals surface area contributed by atoms with E-state index in [1.165, 1.54) is 5.56 Å². The van der Waals surface area contributed by atoms with Crippen LogP contribution in [0.2, 0.25) is 0 Å². The summed E-state index contributed by atoms with van der Waals surface area (Å²) in [7, 11) is 4.05. The molecule has 0 unspecified atom stereocenters. The standard InChI is InChI=1S/C20H25N3O2/c1-15-6-4-5-7-18(15)20(25)22-13-19(24)21-12-16-8-10-17(11-9-16)14-23(2)3/h4-11H,12-14H2,1-3H3,(H,21,24)(H,22,25). The molecule has 0 heterocycles. The van der Waals surface area contributed by atoms with Gasteiger partial charge in [0.2, 0.25) is 5.91 Å². The molecule has 0 fully saturated rings. The lowest BCUT2D eigenvalue weighted by Crippen LogP contribution is -2.36. The number of carbonyl (C=O) groups is 2.